The van der Waals surface area contributed by atoms with Crippen molar-refractivity contribution in [2.45, 2.75) is 40.2 Å². The molecule has 0 aliphatic carbocycles. The van der Waals surface area contributed by atoms with Crippen LogP contribution in [0.3, 0.4) is 0 Å². The van der Waals surface area contributed by atoms with E-state index in [1.54, 1.807) is 0 Å². The molecule has 0 heterocycles. The number of ether oxygens (including phenoxy) is 1. The molecule has 0 spiro atoms. The Hall–Kier alpha value is -0.370. The largest absolute Gasteiger partial charge is 0.368 e. The van der Waals surface area contributed by atoms with Gasteiger partial charge < -0.3 is 9.53 Å². The number of hydrogen-bond acceptors (Lipinski definition) is 2. The van der Waals surface area contributed by atoms with Gasteiger partial charge in [0.25, 0.3) is 0 Å². The van der Waals surface area contributed by atoms with Crippen molar-refractivity contribution in [2.75, 3.05) is 6.61 Å². The summed E-state index contributed by atoms with van der Waals surface area (Å²) in [6.45, 7) is 10.5. The lowest BCUT2D eigenvalue weighted by Crippen LogP contribution is -2.39. The number of aldehydes is 1. The van der Waals surface area contributed by atoms with E-state index in [4.69, 9.17) is 4.74 Å². The second-order valence-electron chi connectivity index (χ2n) is 4.24. The van der Waals surface area contributed by atoms with Crippen LogP contribution in [-0.2, 0) is 9.53 Å². The second-order valence-corrected chi connectivity index (χ2v) is 4.24. The lowest BCUT2D eigenvalue weighted by Gasteiger charge is -2.38. The number of carbonyl (C=O) groups is 1. The fourth-order valence-corrected chi connectivity index (χ4v) is 0.459. The molecule has 2 heteroatoms. The van der Waals surface area contributed by atoms with Crippen LogP contribution in [0.25, 0.3) is 0 Å². The molecular weight excluding hydrogens is 140 g/mol. The molecule has 0 saturated carbocycles. The van der Waals surface area contributed by atoms with Gasteiger partial charge in [0.05, 0.1) is 5.60 Å². The Balaban J connectivity index is 4.10. The van der Waals surface area contributed by atoms with Crippen LogP contribution < -0.4 is 0 Å². The van der Waals surface area contributed by atoms with Crippen LogP contribution in [0.15, 0.2) is 0 Å². The lowest BCUT2D eigenvalue weighted by molar-refractivity contribution is -0.126. The molecule has 11 heavy (non-hydrogen) atoms. The molecule has 0 saturated heterocycles. The van der Waals surface area contributed by atoms with Gasteiger partial charge in [0, 0.05) is 0 Å². The zero-order valence-corrected chi connectivity index (χ0v) is 8.10. The summed E-state index contributed by atoms with van der Waals surface area (Å²) in [6.07, 6.45) is 0.785. The normalized spacial score (nSPS) is 13.2. The van der Waals surface area contributed by atoms with Gasteiger partial charge in [0.15, 0.2) is 0 Å². The molecule has 2 nitrogen and oxygen atoms in total. The Labute approximate surface area is 68.9 Å². The van der Waals surface area contributed by atoms with E-state index in [1.165, 1.54) is 0 Å². The Bertz CT molecular complexity index is 131. The van der Waals surface area contributed by atoms with E-state index in [0.29, 0.717) is 0 Å². The molecule has 0 unspecified atom stereocenters. The summed E-state index contributed by atoms with van der Waals surface area (Å²) in [4.78, 5) is 10.1. The summed E-state index contributed by atoms with van der Waals surface area (Å²) in [6, 6.07) is 0. The van der Waals surface area contributed by atoms with E-state index < -0.39 is 0 Å². The zero-order chi connectivity index (χ0) is 9.12. The molecule has 0 aromatic carbocycles. The van der Waals surface area contributed by atoms with Crippen LogP contribution in [0.4, 0.5) is 0 Å². The maximum Gasteiger partial charge on any atom is 0.145 e. The van der Waals surface area contributed by atoms with Crippen molar-refractivity contribution in [1.82, 2.24) is 0 Å². The first kappa shape index (κ1) is 10.6. The molecule has 0 bridgehead atoms. The Kier molecular flexibility index (Phi) is 3.24. The maximum atomic E-state index is 10.1. The van der Waals surface area contributed by atoms with Crippen molar-refractivity contribution < 1.29 is 9.53 Å². The average Bonchev–Trinajstić information content (AvgIpc) is 1.81. The van der Waals surface area contributed by atoms with Gasteiger partial charge in [-0.15, -0.1) is 0 Å². The molecule has 0 fully saturated rings. The molecule has 0 aliphatic rings. The Morgan fingerprint density at radius 3 is 1.91 bits per heavy atom. The third kappa shape index (κ3) is 3.02. The maximum absolute atomic E-state index is 10.1. The van der Waals surface area contributed by atoms with E-state index in [2.05, 4.69) is 20.8 Å². The first-order valence-corrected chi connectivity index (χ1v) is 3.89. The van der Waals surface area contributed by atoms with Gasteiger partial charge in [-0.2, -0.15) is 0 Å². The zero-order valence-electron chi connectivity index (χ0n) is 8.10. The van der Waals surface area contributed by atoms with Crippen LogP contribution in [0.2, 0.25) is 0 Å². The van der Waals surface area contributed by atoms with E-state index >= 15 is 0 Å². The monoisotopic (exact) mass is 158 g/mol. The van der Waals surface area contributed by atoms with Crippen LogP contribution in [0, 0.1) is 5.41 Å². The summed E-state index contributed by atoms with van der Waals surface area (Å²) in [7, 11) is 0. The highest BCUT2D eigenvalue weighted by Crippen LogP contribution is 2.32. The van der Waals surface area contributed by atoms with Crippen molar-refractivity contribution in [1.29, 1.82) is 0 Å². The van der Waals surface area contributed by atoms with E-state index in [0.717, 1.165) is 6.29 Å². The van der Waals surface area contributed by atoms with Gasteiger partial charge in [-0.25, -0.2) is 0 Å². The summed E-state index contributed by atoms with van der Waals surface area (Å²) >= 11 is 0. The standard InChI is InChI=1S/C9H18O2/c1-8(2,3)9(4,5)11-7-6-10/h6H,7H2,1-5H3. The first-order valence-electron chi connectivity index (χ1n) is 3.89. The van der Waals surface area contributed by atoms with Crippen molar-refractivity contribution >= 4 is 6.29 Å². The van der Waals surface area contributed by atoms with E-state index in [1.807, 2.05) is 13.8 Å². The molecule has 0 radical (unpaired) electrons. The highest BCUT2D eigenvalue weighted by Gasteiger charge is 2.33. The summed E-state index contributed by atoms with van der Waals surface area (Å²) in [5, 5.41) is 0. The smallest absolute Gasteiger partial charge is 0.145 e. The van der Waals surface area contributed by atoms with Gasteiger partial charge >= 0.3 is 0 Å². The van der Waals surface area contributed by atoms with Gasteiger partial charge in [0.2, 0.25) is 0 Å². The number of rotatable bonds is 3. The van der Waals surface area contributed by atoms with Crippen LogP contribution >= 0.6 is 0 Å². The van der Waals surface area contributed by atoms with Crippen LogP contribution in [0.1, 0.15) is 34.6 Å². The van der Waals surface area contributed by atoms with Gasteiger partial charge in [-0.05, 0) is 19.3 Å². The number of hydrogen-bond donors (Lipinski definition) is 0. The van der Waals surface area contributed by atoms with Gasteiger partial charge in [-0.3, -0.25) is 0 Å². The van der Waals surface area contributed by atoms with Gasteiger partial charge in [-0.1, -0.05) is 20.8 Å². The molecule has 0 atom stereocenters. The minimum absolute atomic E-state index is 0.0655. The first-order chi connectivity index (χ1) is 4.81. The van der Waals surface area contributed by atoms with Crippen molar-refractivity contribution in [3.63, 3.8) is 0 Å². The molecule has 0 N–H and O–H groups in total. The van der Waals surface area contributed by atoms with Crippen LogP contribution in [0.5, 0.6) is 0 Å². The van der Waals surface area contributed by atoms with Crippen LogP contribution in [-0.4, -0.2) is 18.5 Å². The molecule has 66 valence electrons. The molecule has 0 aromatic rings. The van der Waals surface area contributed by atoms with E-state index in [-0.39, 0.29) is 17.6 Å². The quantitative estimate of drug-likeness (QED) is 0.587. The summed E-state index contributed by atoms with van der Waals surface area (Å²) < 4.78 is 5.38. The minimum atomic E-state index is -0.242. The molecule has 0 amide bonds. The molecule has 0 aromatic heterocycles. The highest BCUT2D eigenvalue weighted by molar-refractivity contribution is 5.50. The topological polar surface area (TPSA) is 26.3 Å². The van der Waals surface area contributed by atoms with Gasteiger partial charge in [0.1, 0.15) is 12.9 Å². The fourth-order valence-electron chi connectivity index (χ4n) is 0.459. The molecule has 0 aliphatic heterocycles. The lowest BCUT2D eigenvalue weighted by atomic mass is 9.79. The average molecular weight is 158 g/mol. The van der Waals surface area contributed by atoms with Crippen molar-refractivity contribution in [3.05, 3.63) is 0 Å². The Morgan fingerprint density at radius 2 is 1.64 bits per heavy atom. The Morgan fingerprint density at radius 1 is 1.18 bits per heavy atom. The highest BCUT2D eigenvalue weighted by atomic mass is 16.5. The second kappa shape index (κ2) is 3.35. The molecular formula is C9H18O2. The minimum Gasteiger partial charge on any atom is -0.368 e. The molecule has 0 rings (SSSR count). The summed E-state index contributed by atoms with van der Waals surface area (Å²) in [5.41, 5.74) is -0.177. The third-order valence-corrected chi connectivity index (χ3v) is 2.32. The SMILES string of the molecule is CC(C)(C)C(C)(C)OCC=O. The summed E-state index contributed by atoms with van der Waals surface area (Å²) in [5.74, 6) is 0. The predicted molar refractivity (Wildman–Crippen MR) is 45.6 cm³/mol. The fraction of sp³-hybridized carbons (Fsp3) is 0.889. The van der Waals surface area contributed by atoms with E-state index in [9.17, 15) is 4.79 Å². The number of carbonyl (C=O) groups excluding carboxylic acids is 1. The van der Waals surface area contributed by atoms with Crippen molar-refractivity contribution in [3.8, 4) is 0 Å². The predicted octanol–water partition coefficient (Wildman–Crippen LogP) is 2.03. The van der Waals surface area contributed by atoms with Crippen molar-refractivity contribution in [2.24, 2.45) is 5.41 Å². The third-order valence-electron chi connectivity index (χ3n) is 2.32.